The quantitative estimate of drug-likeness (QED) is 0.416. The molecule has 0 saturated heterocycles. The van der Waals surface area contributed by atoms with Crippen LogP contribution in [-0.2, 0) is 0 Å². The van der Waals surface area contributed by atoms with Crippen LogP contribution in [0.25, 0.3) is 4.85 Å². The van der Waals surface area contributed by atoms with Gasteiger partial charge < -0.3 is 4.85 Å². The maximum atomic E-state index is 6.60. The molecule has 0 aromatic heterocycles. The summed E-state index contributed by atoms with van der Waals surface area (Å²) in [6.45, 7) is 7.35. The summed E-state index contributed by atoms with van der Waals surface area (Å²) in [5, 5.41) is 0. The molecule has 0 bridgehead atoms. The predicted molar refractivity (Wildman–Crippen MR) is 42.7 cm³/mol. The Morgan fingerprint density at radius 2 is 2.00 bits per heavy atom. The first kappa shape index (κ1) is 7.60. The van der Waals surface area contributed by atoms with E-state index in [4.69, 9.17) is 6.57 Å². The summed E-state index contributed by atoms with van der Waals surface area (Å²) in [5.74, 6) is 0.974. The summed E-state index contributed by atoms with van der Waals surface area (Å²) in [7, 11) is 0. The van der Waals surface area contributed by atoms with Crippen molar-refractivity contribution in [1.82, 2.24) is 0 Å². The molecule has 0 atom stereocenters. The standard InChI is InChI=1S/C9H15N/c1-10-8-4-7-9-5-2-3-6-9/h9H,2-8H2. The van der Waals surface area contributed by atoms with Crippen molar-refractivity contribution in [1.29, 1.82) is 0 Å². The van der Waals surface area contributed by atoms with Gasteiger partial charge in [0.15, 0.2) is 0 Å². The zero-order chi connectivity index (χ0) is 7.23. The smallest absolute Gasteiger partial charge is 0.214 e. The monoisotopic (exact) mass is 137 g/mol. The maximum Gasteiger partial charge on any atom is 0.214 e. The van der Waals surface area contributed by atoms with Gasteiger partial charge in [-0.25, -0.2) is 6.57 Å². The summed E-state index contributed by atoms with van der Waals surface area (Å²) >= 11 is 0. The highest BCUT2D eigenvalue weighted by atomic mass is 14.6. The lowest BCUT2D eigenvalue weighted by atomic mass is 10.0. The summed E-state index contributed by atoms with van der Waals surface area (Å²) in [5.41, 5.74) is 0. The third-order valence-corrected chi connectivity index (χ3v) is 2.36. The molecule has 0 aromatic carbocycles. The maximum absolute atomic E-state index is 6.60. The van der Waals surface area contributed by atoms with Crippen molar-refractivity contribution in [3.8, 4) is 0 Å². The summed E-state index contributed by atoms with van der Waals surface area (Å²) in [4.78, 5) is 3.35. The molecule has 1 rings (SSSR count). The molecule has 0 amide bonds. The fourth-order valence-corrected chi connectivity index (χ4v) is 1.76. The van der Waals surface area contributed by atoms with Crippen LogP contribution in [0.1, 0.15) is 38.5 Å². The molecule has 0 aliphatic heterocycles. The Balaban J connectivity index is 1.97. The van der Waals surface area contributed by atoms with Gasteiger partial charge in [0, 0.05) is 6.42 Å². The van der Waals surface area contributed by atoms with E-state index < -0.39 is 0 Å². The number of hydrogen-bond acceptors (Lipinski definition) is 0. The van der Waals surface area contributed by atoms with Gasteiger partial charge in [0.25, 0.3) is 0 Å². The Morgan fingerprint density at radius 1 is 1.30 bits per heavy atom. The van der Waals surface area contributed by atoms with Crippen molar-refractivity contribution in [3.05, 3.63) is 11.4 Å². The van der Waals surface area contributed by atoms with Gasteiger partial charge in [0.1, 0.15) is 0 Å². The molecule has 0 spiro atoms. The van der Waals surface area contributed by atoms with Crippen molar-refractivity contribution in [2.75, 3.05) is 6.54 Å². The van der Waals surface area contributed by atoms with Gasteiger partial charge >= 0.3 is 0 Å². The lowest BCUT2D eigenvalue weighted by molar-refractivity contribution is 0.494. The lowest BCUT2D eigenvalue weighted by Gasteiger charge is -2.03. The van der Waals surface area contributed by atoms with Gasteiger partial charge in [-0.2, -0.15) is 0 Å². The molecule has 1 aliphatic rings. The molecule has 10 heavy (non-hydrogen) atoms. The molecule has 1 aliphatic carbocycles. The average Bonchev–Trinajstić information content (AvgIpc) is 2.41. The van der Waals surface area contributed by atoms with E-state index in [0.717, 1.165) is 18.9 Å². The van der Waals surface area contributed by atoms with E-state index in [2.05, 4.69) is 4.85 Å². The van der Waals surface area contributed by atoms with Gasteiger partial charge in [-0.1, -0.05) is 25.7 Å². The third-order valence-electron chi connectivity index (χ3n) is 2.36. The van der Waals surface area contributed by atoms with Crippen molar-refractivity contribution in [2.45, 2.75) is 38.5 Å². The van der Waals surface area contributed by atoms with E-state index in [1.807, 2.05) is 0 Å². The summed E-state index contributed by atoms with van der Waals surface area (Å²) in [6.07, 6.45) is 8.16. The van der Waals surface area contributed by atoms with E-state index >= 15 is 0 Å². The van der Waals surface area contributed by atoms with Crippen molar-refractivity contribution < 1.29 is 0 Å². The van der Waals surface area contributed by atoms with Crippen molar-refractivity contribution in [2.24, 2.45) is 5.92 Å². The van der Waals surface area contributed by atoms with E-state index in [1.54, 1.807) is 0 Å². The fraction of sp³-hybridized carbons (Fsp3) is 0.889. The van der Waals surface area contributed by atoms with E-state index in [1.165, 1.54) is 32.1 Å². The minimum absolute atomic E-state index is 0.747. The number of hydrogen-bond donors (Lipinski definition) is 0. The molecule has 0 radical (unpaired) electrons. The molecule has 56 valence electrons. The highest BCUT2D eigenvalue weighted by molar-refractivity contribution is 4.69. The first-order valence-electron chi connectivity index (χ1n) is 4.26. The Kier molecular flexibility index (Phi) is 3.29. The zero-order valence-corrected chi connectivity index (χ0v) is 6.47. The molecular formula is C9H15N. The molecule has 1 fully saturated rings. The van der Waals surface area contributed by atoms with E-state index in [0.29, 0.717) is 0 Å². The summed E-state index contributed by atoms with van der Waals surface area (Å²) in [6, 6.07) is 0. The Bertz CT molecular complexity index is 117. The molecule has 0 N–H and O–H groups in total. The zero-order valence-electron chi connectivity index (χ0n) is 6.47. The second kappa shape index (κ2) is 4.33. The lowest BCUT2D eigenvalue weighted by Crippen LogP contribution is -1.93. The van der Waals surface area contributed by atoms with Gasteiger partial charge in [0.2, 0.25) is 6.54 Å². The fourth-order valence-electron chi connectivity index (χ4n) is 1.76. The topological polar surface area (TPSA) is 4.36 Å². The largest absolute Gasteiger partial charge is 0.317 e. The molecule has 0 aromatic rings. The van der Waals surface area contributed by atoms with Crippen LogP contribution >= 0.6 is 0 Å². The van der Waals surface area contributed by atoms with Gasteiger partial charge in [-0.3, -0.25) is 0 Å². The SMILES string of the molecule is [C-]#[N+]CCCC1CCCC1. The van der Waals surface area contributed by atoms with Crippen LogP contribution < -0.4 is 0 Å². The molecular weight excluding hydrogens is 122 g/mol. The molecule has 0 heterocycles. The average molecular weight is 137 g/mol. The second-order valence-electron chi connectivity index (χ2n) is 3.17. The minimum Gasteiger partial charge on any atom is -0.317 e. The van der Waals surface area contributed by atoms with Crippen LogP contribution in [-0.4, -0.2) is 6.54 Å². The van der Waals surface area contributed by atoms with Crippen LogP contribution in [0.2, 0.25) is 0 Å². The van der Waals surface area contributed by atoms with E-state index in [9.17, 15) is 0 Å². The van der Waals surface area contributed by atoms with Crippen LogP contribution in [0.3, 0.4) is 0 Å². The third kappa shape index (κ3) is 2.39. The van der Waals surface area contributed by atoms with Gasteiger partial charge in [-0.05, 0) is 12.3 Å². The van der Waals surface area contributed by atoms with E-state index in [-0.39, 0.29) is 0 Å². The molecule has 1 heteroatoms. The van der Waals surface area contributed by atoms with Crippen LogP contribution in [0.5, 0.6) is 0 Å². The first-order chi connectivity index (χ1) is 4.93. The van der Waals surface area contributed by atoms with Crippen LogP contribution in [0.4, 0.5) is 0 Å². The highest BCUT2D eigenvalue weighted by Gasteiger charge is 2.14. The Hall–Kier alpha value is -0.510. The first-order valence-corrected chi connectivity index (χ1v) is 4.26. The normalized spacial score (nSPS) is 19.1. The minimum atomic E-state index is 0.747. The van der Waals surface area contributed by atoms with Gasteiger partial charge in [-0.15, -0.1) is 0 Å². The Labute approximate surface area is 63.3 Å². The Morgan fingerprint density at radius 3 is 2.60 bits per heavy atom. The highest BCUT2D eigenvalue weighted by Crippen LogP contribution is 2.28. The van der Waals surface area contributed by atoms with Crippen LogP contribution in [0.15, 0.2) is 0 Å². The van der Waals surface area contributed by atoms with Crippen LogP contribution in [0, 0.1) is 12.5 Å². The summed E-state index contributed by atoms with van der Waals surface area (Å²) < 4.78 is 0. The molecule has 0 unspecified atom stereocenters. The number of rotatable bonds is 3. The second-order valence-corrected chi connectivity index (χ2v) is 3.17. The van der Waals surface area contributed by atoms with Gasteiger partial charge in [0.05, 0.1) is 0 Å². The molecule has 1 nitrogen and oxygen atoms in total. The van der Waals surface area contributed by atoms with Crippen molar-refractivity contribution in [3.63, 3.8) is 0 Å². The molecule has 1 saturated carbocycles. The predicted octanol–water partition coefficient (Wildman–Crippen LogP) is 2.88. The number of nitrogens with zero attached hydrogens (tertiary/aromatic N) is 1. The van der Waals surface area contributed by atoms with Crippen molar-refractivity contribution >= 4 is 0 Å².